The second kappa shape index (κ2) is 72.4. The Kier molecular flexibility index (Phi) is 70.5. The maximum absolute atomic E-state index is 12.9. The van der Waals surface area contributed by atoms with Gasteiger partial charge in [-0.1, -0.05) is 385 Å². The van der Waals surface area contributed by atoms with Crippen molar-refractivity contribution in [2.45, 2.75) is 438 Å². The summed E-state index contributed by atoms with van der Waals surface area (Å²) in [7, 11) is 0. The zero-order chi connectivity index (χ0) is 59.9. The molecule has 0 saturated heterocycles. The lowest BCUT2D eigenvalue weighted by Crippen LogP contribution is -2.30. The lowest BCUT2D eigenvalue weighted by Gasteiger charge is -2.18. The number of hydrogen-bond donors (Lipinski definition) is 0. The van der Waals surface area contributed by atoms with Gasteiger partial charge in [0, 0.05) is 19.3 Å². The zero-order valence-corrected chi connectivity index (χ0v) is 56.5. The van der Waals surface area contributed by atoms with Crippen LogP contribution in [0.1, 0.15) is 432 Å². The molecule has 490 valence electrons. The van der Waals surface area contributed by atoms with Crippen LogP contribution in [-0.4, -0.2) is 37.2 Å². The highest BCUT2D eigenvalue weighted by molar-refractivity contribution is 5.71. The fourth-order valence-electron chi connectivity index (χ4n) is 11.8. The second-order valence-corrected chi connectivity index (χ2v) is 25.9. The average Bonchev–Trinajstić information content (AvgIpc) is 3.49. The third-order valence-electron chi connectivity index (χ3n) is 17.5. The maximum atomic E-state index is 12.9. The minimum Gasteiger partial charge on any atom is -0.462 e. The van der Waals surface area contributed by atoms with Crippen molar-refractivity contribution in [2.75, 3.05) is 13.2 Å². The van der Waals surface area contributed by atoms with Gasteiger partial charge in [0.25, 0.3) is 0 Å². The van der Waals surface area contributed by atoms with Gasteiger partial charge in [0.05, 0.1) is 0 Å². The molecule has 0 aromatic heterocycles. The fourth-order valence-corrected chi connectivity index (χ4v) is 11.8. The molecule has 0 aliphatic rings. The van der Waals surface area contributed by atoms with E-state index in [4.69, 9.17) is 14.2 Å². The molecule has 0 aliphatic heterocycles. The van der Waals surface area contributed by atoms with Crippen molar-refractivity contribution in [1.82, 2.24) is 0 Å². The number of allylic oxidation sites excluding steroid dienone is 4. The fraction of sp³-hybridized carbons (Fsp3) is 0.909. The van der Waals surface area contributed by atoms with E-state index in [1.807, 2.05) is 0 Å². The third-order valence-corrected chi connectivity index (χ3v) is 17.5. The van der Waals surface area contributed by atoms with E-state index in [-0.39, 0.29) is 31.1 Å². The normalized spacial score (nSPS) is 12.1. The molecule has 0 radical (unpaired) electrons. The van der Waals surface area contributed by atoms with Crippen LogP contribution in [0.15, 0.2) is 24.3 Å². The molecule has 0 rings (SSSR count). The minimum absolute atomic E-state index is 0.0647. The third kappa shape index (κ3) is 70.5. The Morgan fingerprint density at radius 3 is 0.663 bits per heavy atom. The van der Waals surface area contributed by atoms with Crippen LogP contribution in [0.5, 0.6) is 0 Å². The highest BCUT2D eigenvalue weighted by Gasteiger charge is 2.20. The molecule has 0 fully saturated rings. The second-order valence-electron chi connectivity index (χ2n) is 25.9. The maximum Gasteiger partial charge on any atom is 0.306 e. The molecule has 0 aromatic rings. The van der Waals surface area contributed by atoms with E-state index in [9.17, 15) is 14.4 Å². The number of esters is 3. The SMILES string of the molecule is CCCCCCC/C=C\C/C=C\CCCCCCCCCCCCCCCCCCCCCC(=O)OCC(COC(=O)CCCCCCC)OC(=O)CCCCCCCCCCCCCCCCCCCCCCCCCCCCCCC. The summed E-state index contributed by atoms with van der Waals surface area (Å²) in [5.74, 6) is -0.847. The monoisotopic (exact) mass is 1170 g/mol. The standard InChI is InChI=1S/C77H146O6/c1-4-7-10-13-15-17-19-21-23-25-27-29-31-33-35-37-38-40-41-43-45-47-49-51-53-55-57-59-61-64-67-70-76(79)82-73-74(72-81-75(78)69-66-63-12-9-6-3)83-77(80)71-68-65-62-60-58-56-54-52-50-48-46-44-42-39-36-34-32-30-28-26-24-22-20-18-16-14-11-8-5-2/h19,21,25,27,74H,4-18,20,22-24,26,28-73H2,1-3H3/b21-19-,27-25-. The predicted molar refractivity (Wildman–Crippen MR) is 363 cm³/mol. The van der Waals surface area contributed by atoms with Crippen LogP contribution in [0.3, 0.4) is 0 Å². The van der Waals surface area contributed by atoms with Gasteiger partial charge in [-0.15, -0.1) is 0 Å². The van der Waals surface area contributed by atoms with Crippen LogP contribution < -0.4 is 0 Å². The molecular formula is C77H146O6. The summed E-state index contributed by atoms with van der Waals surface area (Å²) in [6.45, 7) is 6.63. The molecule has 0 saturated carbocycles. The first-order valence-electron chi connectivity index (χ1n) is 37.8. The molecular weight excluding hydrogens is 1020 g/mol. The van der Waals surface area contributed by atoms with E-state index < -0.39 is 6.10 Å². The lowest BCUT2D eigenvalue weighted by atomic mass is 10.0. The van der Waals surface area contributed by atoms with Crippen molar-refractivity contribution in [1.29, 1.82) is 0 Å². The zero-order valence-electron chi connectivity index (χ0n) is 56.5. The van der Waals surface area contributed by atoms with E-state index in [2.05, 4.69) is 45.1 Å². The van der Waals surface area contributed by atoms with Gasteiger partial charge in [0.2, 0.25) is 0 Å². The van der Waals surface area contributed by atoms with Crippen molar-refractivity contribution in [2.24, 2.45) is 0 Å². The van der Waals surface area contributed by atoms with Gasteiger partial charge in [0.1, 0.15) is 13.2 Å². The summed E-state index contributed by atoms with van der Waals surface area (Å²) in [6.07, 6.45) is 90.1. The van der Waals surface area contributed by atoms with Crippen molar-refractivity contribution >= 4 is 17.9 Å². The molecule has 6 heteroatoms. The topological polar surface area (TPSA) is 78.9 Å². The summed E-state index contributed by atoms with van der Waals surface area (Å²) < 4.78 is 16.9. The van der Waals surface area contributed by atoms with Crippen molar-refractivity contribution in [3.05, 3.63) is 24.3 Å². The smallest absolute Gasteiger partial charge is 0.306 e. The van der Waals surface area contributed by atoms with Crippen LogP contribution >= 0.6 is 0 Å². The number of ether oxygens (including phenoxy) is 3. The largest absolute Gasteiger partial charge is 0.462 e. The highest BCUT2D eigenvalue weighted by atomic mass is 16.6. The first kappa shape index (κ1) is 80.9. The van der Waals surface area contributed by atoms with E-state index >= 15 is 0 Å². The van der Waals surface area contributed by atoms with Gasteiger partial charge in [0.15, 0.2) is 6.10 Å². The summed E-state index contributed by atoms with van der Waals surface area (Å²) in [5.41, 5.74) is 0. The van der Waals surface area contributed by atoms with Crippen LogP contribution in [0.2, 0.25) is 0 Å². The van der Waals surface area contributed by atoms with Gasteiger partial charge in [-0.05, 0) is 51.4 Å². The van der Waals surface area contributed by atoms with Gasteiger partial charge in [-0.25, -0.2) is 0 Å². The Morgan fingerprint density at radius 1 is 0.241 bits per heavy atom. The molecule has 0 aromatic carbocycles. The molecule has 0 spiro atoms. The molecule has 6 nitrogen and oxygen atoms in total. The van der Waals surface area contributed by atoms with Gasteiger partial charge < -0.3 is 14.2 Å². The Bertz CT molecular complexity index is 1340. The van der Waals surface area contributed by atoms with E-state index in [0.717, 1.165) is 70.6 Å². The molecule has 0 amide bonds. The molecule has 0 N–H and O–H groups in total. The van der Waals surface area contributed by atoms with Crippen LogP contribution in [0.25, 0.3) is 0 Å². The molecule has 0 heterocycles. The van der Waals surface area contributed by atoms with E-state index in [1.54, 1.807) is 0 Å². The number of hydrogen-bond acceptors (Lipinski definition) is 6. The Morgan fingerprint density at radius 2 is 0.434 bits per heavy atom. The van der Waals surface area contributed by atoms with Crippen LogP contribution in [0, 0.1) is 0 Å². The van der Waals surface area contributed by atoms with Crippen LogP contribution in [-0.2, 0) is 28.6 Å². The van der Waals surface area contributed by atoms with Crippen LogP contribution in [0.4, 0.5) is 0 Å². The average molecular weight is 1170 g/mol. The first-order valence-corrected chi connectivity index (χ1v) is 37.8. The number of carbonyl (C=O) groups excluding carboxylic acids is 3. The quantitative estimate of drug-likeness (QED) is 0.0261. The van der Waals surface area contributed by atoms with E-state index in [1.165, 1.54) is 321 Å². The highest BCUT2D eigenvalue weighted by Crippen LogP contribution is 2.20. The molecule has 0 aliphatic carbocycles. The lowest BCUT2D eigenvalue weighted by molar-refractivity contribution is -0.167. The van der Waals surface area contributed by atoms with Gasteiger partial charge in [-0.2, -0.15) is 0 Å². The summed E-state index contributed by atoms with van der Waals surface area (Å²) >= 11 is 0. The summed E-state index contributed by atoms with van der Waals surface area (Å²) in [5, 5.41) is 0. The summed E-state index contributed by atoms with van der Waals surface area (Å²) in [4.78, 5) is 38.1. The van der Waals surface area contributed by atoms with Crippen molar-refractivity contribution < 1.29 is 28.6 Å². The van der Waals surface area contributed by atoms with Crippen molar-refractivity contribution in [3.63, 3.8) is 0 Å². The van der Waals surface area contributed by atoms with Crippen molar-refractivity contribution in [3.8, 4) is 0 Å². The Labute approximate surface area is 519 Å². The number of unbranched alkanes of at least 4 members (excludes halogenated alkanes) is 56. The predicted octanol–water partition coefficient (Wildman–Crippen LogP) is 26.1. The Balaban J connectivity index is 3.87. The van der Waals surface area contributed by atoms with Gasteiger partial charge >= 0.3 is 17.9 Å². The molecule has 1 unspecified atom stereocenters. The molecule has 1 atom stereocenters. The van der Waals surface area contributed by atoms with E-state index in [0.29, 0.717) is 19.3 Å². The number of rotatable bonds is 71. The first-order chi connectivity index (χ1) is 41.0. The Hall–Kier alpha value is -2.11. The van der Waals surface area contributed by atoms with Gasteiger partial charge in [-0.3, -0.25) is 14.4 Å². The number of carbonyl (C=O) groups is 3. The molecule has 0 bridgehead atoms. The minimum atomic E-state index is -0.764. The summed E-state index contributed by atoms with van der Waals surface area (Å²) in [6, 6.07) is 0. The molecule has 83 heavy (non-hydrogen) atoms.